The number of benzene rings is 1. The molecular weight excluding hydrogens is 242 g/mol. The van der Waals surface area contributed by atoms with E-state index >= 15 is 0 Å². The van der Waals surface area contributed by atoms with Gasteiger partial charge >= 0.3 is 0 Å². The molecule has 1 nitrogen and oxygen atoms in total. The molecule has 0 atom stereocenters. The van der Waals surface area contributed by atoms with Gasteiger partial charge in [-0.2, -0.15) is 0 Å². The van der Waals surface area contributed by atoms with Crippen molar-refractivity contribution in [2.45, 2.75) is 52.9 Å². The largest absolute Gasteiger partial charge is 0.300 e. The van der Waals surface area contributed by atoms with Crippen LogP contribution in [0.3, 0.4) is 0 Å². The lowest BCUT2D eigenvalue weighted by Gasteiger charge is -2.19. The summed E-state index contributed by atoms with van der Waals surface area (Å²) in [6.45, 7) is 14.7. The van der Waals surface area contributed by atoms with Gasteiger partial charge in [-0.1, -0.05) is 71.0 Å². The van der Waals surface area contributed by atoms with E-state index in [1.807, 2.05) is 0 Å². The van der Waals surface area contributed by atoms with E-state index in [9.17, 15) is 0 Å². The van der Waals surface area contributed by atoms with E-state index in [-0.39, 0.29) is 5.41 Å². The molecule has 1 rings (SSSR count). The molecule has 1 aromatic carbocycles. The summed E-state index contributed by atoms with van der Waals surface area (Å²) < 4.78 is 0. The molecular formula is C19H31N. The average molecular weight is 273 g/mol. The quantitative estimate of drug-likeness (QED) is 0.666. The minimum Gasteiger partial charge on any atom is -0.300 e. The third-order valence-corrected chi connectivity index (χ3v) is 3.53. The number of rotatable bonds is 7. The van der Waals surface area contributed by atoms with Crippen molar-refractivity contribution < 1.29 is 0 Å². The Morgan fingerprint density at radius 3 is 1.95 bits per heavy atom. The smallest absolute Gasteiger partial charge is 0.0166 e. The van der Waals surface area contributed by atoms with Gasteiger partial charge in [0, 0.05) is 6.54 Å². The van der Waals surface area contributed by atoms with Crippen LogP contribution in [0.15, 0.2) is 30.3 Å². The Hall–Kier alpha value is -1.08. The zero-order valence-corrected chi connectivity index (χ0v) is 13.9. The average Bonchev–Trinajstić information content (AvgIpc) is 2.39. The van der Waals surface area contributed by atoms with Gasteiger partial charge in [0.1, 0.15) is 0 Å². The molecule has 0 amide bonds. The van der Waals surface area contributed by atoms with Crippen molar-refractivity contribution in [3.8, 4) is 0 Å². The van der Waals surface area contributed by atoms with E-state index in [1.165, 1.54) is 37.1 Å². The highest BCUT2D eigenvalue weighted by atomic mass is 15.1. The third kappa shape index (κ3) is 5.92. The summed E-state index contributed by atoms with van der Waals surface area (Å²) in [5.74, 6) is 0. The molecule has 0 aromatic heterocycles. The first kappa shape index (κ1) is 17.0. The van der Waals surface area contributed by atoms with Gasteiger partial charge in [-0.15, -0.1) is 0 Å². The fourth-order valence-corrected chi connectivity index (χ4v) is 2.36. The lowest BCUT2D eigenvalue weighted by molar-refractivity contribution is 0.304. The highest BCUT2D eigenvalue weighted by molar-refractivity contribution is 5.50. The van der Waals surface area contributed by atoms with Crippen molar-refractivity contribution in [1.29, 1.82) is 0 Å². The van der Waals surface area contributed by atoms with Gasteiger partial charge in [0.2, 0.25) is 0 Å². The monoisotopic (exact) mass is 273 g/mol. The molecule has 20 heavy (non-hydrogen) atoms. The predicted octanol–water partition coefficient (Wildman–Crippen LogP) is 5.12. The van der Waals surface area contributed by atoms with Gasteiger partial charge < -0.3 is 0 Å². The van der Waals surface area contributed by atoms with Crippen LogP contribution in [0.4, 0.5) is 0 Å². The van der Waals surface area contributed by atoms with E-state index in [2.05, 4.69) is 75.9 Å². The first-order valence-electron chi connectivity index (χ1n) is 7.96. The highest BCUT2D eigenvalue weighted by Gasteiger charge is 2.12. The number of hydrogen-bond acceptors (Lipinski definition) is 1. The van der Waals surface area contributed by atoms with Crippen LogP contribution in [0.25, 0.3) is 6.08 Å². The Bertz CT molecular complexity index is 389. The van der Waals surface area contributed by atoms with Crippen LogP contribution in [0.2, 0.25) is 0 Å². The molecule has 0 bridgehead atoms. The van der Waals surface area contributed by atoms with Gasteiger partial charge in [0.05, 0.1) is 0 Å². The van der Waals surface area contributed by atoms with Crippen LogP contribution >= 0.6 is 0 Å². The summed E-state index contributed by atoms with van der Waals surface area (Å²) in [7, 11) is 0. The first-order valence-corrected chi connectivity index (χ1v) is 7.96. The van der Waals surface area contributed by atoms with Crippen molar-refractivity contribution in [2.75, 3.05) is 19.6 Å². The molecule has 1 aromatic rings. The lowest BCUT2D eigenvalue weighted by atomic mass is 9.87. The first-order chi connectivity index (χ1) is 9.47. The minimum absolute atomic E-state index is 0.237. The zero-order valence-electron chi connectivity index (χ0n) is 13.9. The Kier molecular flexibility index (Phi) is 7.01. The zero-order chi connectivity index (χ0) is 15.0. The van der Waals surface area contributed by atoms with Crippen LogP contribution in [0, 0.1) is 0 Å². The van der Waals surface area contributed by atoms with Crippen molar-refractivity contribution in [3.63, 3.8) is 0 Å². The van der Waals surface area contributed by atoms with Crippen LogP contribution < -0.4 is 0 Å². The summed E-state index contributed by atoms with van der Waals surface area (Å²) in [6, 6.07) is 8.94. The maximum atomic E-state index is 2.51. The van der Waals surface area contributed by atoms with E-state index in [0.717, 1.165) is 6.54 Å². The van der Waals surface area contributed by atoms with Crippen LogP contribution in [-0.2, 0) is 5.41 Å². The summed E-state index contributed by atoms with van der Waals surface area (Å²) in [5, 5.41) is 0. The molecule has 0 radical (unpaired) electrons. The normalized spacial score (nSPS) is 12.5. The summed E-state index contributed by atoms with van der Waals surface area (Å²) in [5.41, 5.74) is 2.93. The fourth-order valence-electron chi connectivity index (χ4n) is 2.36. The molecule has 0 saturated heterocycles. The molecule has 0 aliphatic rings. The van der Waals surface area contributed by atoms with E-state index < -0.39 is 0 Å². The fraction of sp³-hybridized carbons (Fsp3) is 0.579. The molecule has 0 N–H and O–H groups in total. The standard InChI is InChI=1S/C19H31N/c1-6-14-20(15-7-2)16-8-9-17-10-12-18(13-11-17)19(3,4)5/h8-13H,6-7,14-16H2,1-5H3/b9-8+. The van der Waals surface area contributed by atoms with Gasteiger partial charge in [0.25, 0.3) is 0 Å². The highest BCUT2D eigenvalue weighted by Crippen LogP contribution is 2.22. The second-order valence-electron chi connectivity index (χ2n) is 6.57. The van der Waals surface area contributed by atoms with Gasteiger partial charge in [-0.3, -0.25) is 4.90 Å². The van der Waals surface area contributed by atoms with E-state index in [1.54, 1.807) is 0 Å². The van der Waals surface area contributed by atoms with Crippen molar-refractivity contribution >= 4 is 6.08 Å². The molecule has 0 aliphatic carbocycles. The molecule has 0 aliphatic heterocycles. The molecule has 1 heteroatoms. The third-order valence-electron chi connectivity index (χ3n) is 3.53. The maximum absolute atomic E-state index is 2.51. The molecule has 112 valence electrons. The van der Waals surface area contributed by atoms with Crippen LogP contribution in [0.5, 0.6) is 0 Å². The van der Waals surface area contributed by atoms with Crippen LogP contribution in [-0.4, -0.2) is 24.5 Å². The summed E-state index contributed by atoms with van der Waals surface area (Å²) in [4.78, 5) is 2.51. The minimum atomic E-state index is 0.237. The van der Waals surface area contributed by atoms with Crippen molar-refractivity contribution in [2.24, 2.45) is 0 Å². The Labute approximate surface area is 125 Å². The van der Waals surface area contributed by atoms with E-state index in [4.69, 9.17) is 0 Å². The van der Waals surface area contributed by atoms with Crippen molar-refractivity contribution in [3.05, 3.63) is 41.5 Å². The second kappa shape index (κ2) is 8.26. The molecule has 0 unspecified atom stereocenters. The maximum Gasteiger partial charge on any atom is 0.0166 e. The van der Waals surface area contributed by atoms with Gasteiger partial charge in [-0.05, 0) is 42.5 Å². The summed E-state index contributed by atoms with van der Waals surface area (Å²) >= 11 is 0. The predicted molar refractivity (Wildman–Crippen MR) is 91.2 cm³/mol. The van der Waals surface area contributed by atoms with E-state index in [0.29, 0.717) is 0 Å². The van der Waals surface area contributed by atoms with Gasteiger partial charge in [-0.25, -0.2) is 0 Å². The Morgan fingerprint density at radius 2 is 1.50 bits per heavy atom. The second-order valence-corrected chi connectivity index (χ2v) is 6.57. The van der Waals surface area contributed by atoms with Gasteiger partial charge in [0.15, 0.2) is 0 Å². The molecule has 0 spiro atoms. The SMILES string of the molecule is CCCN(C/C=C/c1ccc(C(C)(C)C)cc1)CCC. The molecule has 0 fully saturated rings. The number of nitrogens with zero attached hydrogens (tertiary/aromatic N) is 1. The van der Waals surface area contributed by atoms with Crippen molar-refractivity contribution in [1.82, 2.24) is 4.90 Å². The topological polar surface area (TPSA) is 3.24 Å². The Morgan fingerprint density at radius 1 is 0.950 bits per heavy atom. The lowest BCUT2D eigenvalue weighted by Crippen LogP contribution is -2.25. The van der Waals surface area contributed by atoms with Crippen LogP contribution in [0.1, 0.15) is 58.6 Å². The summed E-state index contributed by atoms with van der Waals surface area (Å²) in [6.07, 6.45) is 6.99. The Balaban J connectivity index is 2.57. The number of hydrogen-bond donors (Lipinski definition) is 0. The molecule has 0 saturated carbocycles. The molecule has 0 heterocycles.